The van der Waals surface area contributed by atoms with Gasteiger partial charge in [0.15, 0.2) is 28.8 Å². The highest BCUT2D eigenvalue weighted by Gasteiger charge is 2.50. The molecule has 0 bridgehead atoms. The first-order valence-corrected chi connectivity index (χ1v) is 23.2. The molecule has 1 aromatic heterocycles. The van der Waals surface area contributed by atoms with Gasteiger partial charge in [-0.05, 0) is 80.7 Å². The third kappa shape index (κ3) is 12.2. The molecule has 6 rings (SSSR count). The lowest BCUT2D eigenvalue weighted by atomic mass is 9.85. The number of aryl methyl sites for hydroxylation is 1. The van der Waals surface area contributed by atoms with Crippen LogP contribution >= 0.6 is 23.8 Å². The third-order valence-corrected chi connectivity index (χ3v) is 12.4. The van der Waals surface area contributed by atoms with Crippen LogP contribution < -0.4 is 25.2 Å². The minimum Gasteiger partial charge on any atom is -0.491 e. The van der Waals surface area contributed by atoms with Gasteiger partial charge in [-0.25, -0.2) is 9.37 Å². The van der Waals surface area contributed by atoms with Crippen molar-refractivity contribution in [1.82, 2.24) is 20.5 Å². The molecule has 4 aromatic rings. The lowest BCUT2D eigenvalue weighted by Gasteiger charge is -2.35. The predicted molar refractivity (Wildman–Crippen MR) is 257 cm³/mol. The Morgan fingerprint density at radius 2 is 1.79 bits per heavy atom. The van der Waals surface area contributed by atoms with Gasteiger partial charge < -0.3 is 44.2 Å². The molecular weight excluding hydrogens is 917 g/mol. The van der Waals surface area contributed by atoms with Crippen molar-refractivity contribution in [2.24, 2.45) is 5.41 Å². The summed E-state index contributed by atoms with van der Waals surface area (Å²) in [5, 5.41) is 25.8. The number of amides is 4. The highest BCUT2D eigenvalue weighted by molar-refractivity contribution is 7.81. The first-order valence-electron chi connectivity index (χ1n) is 22.4. The fourth-order valence-corrected chi connectivity index (χ4v) is 8.72. The predicted octanol–water partition coefficient (Wildman–Crippen LogP) is 6.13. The Balaban J connectivity index is 0.868. The van der Waals surface area contributed by atoms with Crippen molar-refractivity contribution in [3.63, 3.8) is 0 Å². The van der Waals surface area contributed by atoms with E-state index in [9.17, 15) is 29.5 Å². The number of likely N-dealkylation sites (tertiary alicyclic amines) is 1. The van der Waals surface area contributed by atoms with Gasteiger partial charge in [0, 0.05) is 49.7 Å². The summed E-state index contributed by atoms with van der Waals surface area (Å²) >= 11 is 11.9. The molecule has 0 aliphatic carbocycles. The lowest BCUT2D eigenvalue weighted by Crippen LogP contribution is -2.58. The van der Waals surface area contributed by atoms with E-state index < -0.39 is 52.7 Å². The van der Waals surface area contributed by atoms with Crippen LogP contribution in [0.2, 0.25) is 5.02 Å². The van der Waals surface area contributed by atoms with Gasteiger partial charge >= 0.3 is 0 Å². The second-order valence-corrected chi connectivity index (χ2v) is 19.1. The van der Waals surface area contributed by atoms with E-state index in [1.165, 1.54) is 40.5 Å². The molecule has 2 fully saturated rings. The van der Waals surface area contributed by atoms with Crippen LogP contribution in [-0.2, 0) is 30.5 Å². The molecule has 2 aliphatic heterocycles. The topological polar surface area (TPSA) is 203 Å². The van der Waals surface area contributed by atoms with Crippen molar-refractivity contribution in [3.05, 3.63) is 94.7 Å². The number of unbranched alkanes of at least 4 members (excludes halogenated alkanes) is 1. The van der Waals surface area contributed by atoms with E-state index in [1.54, 1.807) is 30.9 Å². The Kier molecular flexibility index (Phi) is 17.0. The molecule has 2 saturated heterocycles. The molecule has 16 nitrogen and oxygen atoms in total. The molecule has 3 heterocycles. The zero-order chi connectivity index (χ0) is 49.3. The minimum atomic E-state index is -1.14. The van der Waals surface area contributed by atoms with Crippen LogP contribution in [0.1, 0.15) is 77.1 Å². The summed E-state index contributed by atoms with van der Waals surface area (Å²) in [5.41, 5.74) is 1.64. The van der Waals surface area contributed by atoms with Crippen molar-refractivity contribution in [1.29, 1.82) is 5.26 Å². The number of nitriles is 1. The number of ether oxygens (including phenoxy) is 3. The number of thiocarbonyl (C=S) groups is 1. The second-order valence-electron chi connectivity index (χ2n) is 18.3. The average Bonchev–Trinajstić information content (AvgIpc) is 3.96. The third-order valence-electron chi connectivity index (χ3n) is 11.7. The maximum Gasteiger partial charge on any atom is 0.259 e. The molecule has 2 aliphatic rings. The van der Waals surface area contributed by atoms with E-state index in [1.807, 2.05) is 58.0 Å². The van der Waals surface area contributed by atoms with Gasteiger partial charge in [-0.3, -0.25) is 24.1 Å². The number of oxazole rings is 1. The number of anilines is 2. The van der Waals surface area contributed by atoms with E-state index in [4.69, 9.17) is 37.7 Å². The summed E-state index contributed by atoms with van der Waals surface area (Å²) in [6.07, 6.45) is 2.46. The van der Waals surface area contributed by atoms with E-state index >= 15 is 4.39 Å². The van der Waals surface area contributed by atoms with Crippen LogP contribution in [0.5, 0.6) is 5.75 Å². The Bertz CT molecular complexity index is 2530. The maximum absolute atomic E-state index is 15.3. The molecule has 4 N–H and O–H groups in total. The van der Waals surface area contributed by atoms with Crippen LogP contribution in [0.4, 0.5) is 15.8 Å². The van der Waals surface area contributed by atoms with Gasteiger partial charge in [-0.2, -0.15) is 5.26 Å². The molecule has 0 saturated carbocycles. The SMILES string of the molecule is Cc1ncoc1-c1ccc(CNC(=O)[C@@H]2C[C@@H](O)CN2C(=O)[C@@H](NC(=O)COCCC[OH+]CCCCOc2ccc(N3C(=S)N(c4ccc(C#N)c(Cl)c4)C(=O)C3(C)C)cc2F)C(C)(C)C)cc1. The molecule has 0 spiro atoms. The van der Waals surface area contributed by atoms with E-state index in [0.717, 1.165) is 16.8 Å². The molecular formula is C49H58ClFN7O9S+. The number of aliphatic hydroxyl groups excluding tert-OH is 1. The molecule has 19 heteroatoms. The first-order chi connectivity index (χ1) is 32.3. The van der Waals surface area contributed by atoms with E-state index in [0.29, 0.717) is 49.6 Å². The Hall–Kier alpha value is -5.97. The summed E-state index contributed by atoms with van der Waals surface area (Å²) in [5.74, 6) is -1.56. The fourth-order valence-electron chi connectivity index (χ4n) is 7.98. The van der Waals surface area contributed by atoms with Crippen molar-refractivity contribution < 1.29 is 47.3 Å². The standard InChI is InChI=1S/C49H57ClFN7O9S/c1-30-42(67-29-54-30)32-12-10-31(11-13-32)26-53-44(61)39-24-36(59)27-56(39)45(62)43(48(2,3)4)55-41(60)28-65-20-9-19-64-18-7-8-21-66-40-17-16-35(23-38(40)51)58-47(68)57(46(63)49(58,5)6)34-15-14-33(25-52)37(50)22-34/h10-17,22-23,29,36,39,43,59H,7-9,18-21,24,26-28H2,1-6H3,(H,53,61)(H,55,60)/p+1/t36-,39+,43-/m1/s1. The first kappa shape index (κ1) is 51.4. The van der Waals surface area contributed by atoms with Crippen molar-refractivity contribution >= 4 is 63.9 Å². The van der Waals surface area contributed by atoms with Crippen LogP contribution in [0.3, 0.4) is 0 Å². The number of benzene rings is 3. The maximum atomic E-state index is 15.3. The van der Waals surface area contributed by atoms with Crippen molar-refractivity contribution in [2.45, 2.75) is 97.5 Å². The fraction of sp³-hybridized carbons (Fsp3) is 0.449. The highest BCUT2D eigenvalue weighted by Crippen LogP contribution is 2.39. The summed E-state index contributed by atoms with van der Waals surface area (Å²) in [4.78, 5) is 62.2. The van der Waals surface area contributed by atoms with Gasteiger partial charge in [0.25, 0.3) is 5.91 Å². The summed E-state index contributed by atoms with van der Waals surface area (Å²) in [6, 6.07) is 16.6. The number of carbonyl (C=O) groups is 4. The molecule has 0 radical (unpaired) electrons. The highest BCUT2D eigenvalue weighted by atomic mass is 35.5. The number of aromatic nitrogens is 1. The zero-order valence-corrected chi connectivity index (χ0v) is 40.6. The summed E-state index contributed by atoms with van der Waals surface area (Å²) in [7, 11) is 0. The van der Waals surface area contributed by atoms with Gasteiger partial charge in [-0.1, -0.05) is 56.6 Å². The van der Waals surface area contributed by atoms with E-state index in [2.05, 4.69) is 20.4 Å². The van der Waals surface area contributed by atoms with Gasteiger partial charge in [0.05, 0.1) is 41.3 Å². The number of carbonyl (C=O) groups excluding carboxylic acids is 4. The van der Waals surface area contributed by atoms with Crippen molar-refractivity contribution in [2.75, 3.05) is 49.4 Å². The number of nitrogens with one attached hydrogen (secondary N) is 2. The van der Waals surface area contributed by atoms with Gasteiger partial charge in [0.1, 0.15) is 43.5 Å². The normalized spacial score (nSPS) is 17.3. The average molecular weight is 976 g/mol. The molecule has 3 aromatic carbocycles. The number of rotatable bonds is 20. The minimum absolute atomic E-state index is 0.0387. The Labute approximate surface area is 405 Å². The smallest absolute Gasteiger partial charge is 0.259 e. The van der Waals surface area contributed by atoms with Crippen molar-refractivity contribution in [3.8, 4) is 23.1 Å². The van der Waals surface area contributed by atoms with Crippen LogP contribution in [0, 0.1) is 29.5 Å². The quantitative estimate of drug-likeness (QED) is 0.0520. The number of nitrogens with zero attached hydrogens (tertiary/aromatic N) is 5. The van der Waals surface area contributed by atoms with Crippen LogP contribution in [-0.4, -0.2) is 112 Å². The van der Waals surface area contributed by atoms with Crippen LogP contribution in [0.15, 0.2) is 71.5 Å². The lowest BCUT2D eigenvalue weighted by molar-refractivity contribution is -0.144. The Morgan fingerprint density at radius 1 is 1.07 bits per heavy atom. The molecule has 4 amide bonds. The summed E-state index contributed by atoms with van der Waals surface area (Å²) < 4.78 is 36.6. The largest absolute Gasteiger partial charge is 0.491 e. The number of aliphatic hydroxyl groups is 3. The Morgan fingerprint density at radius 3 is 2.46 bits per heavy atom. The molecule has 362 valence electrons. The number of hydrogen-bond donors (Lipinski definition) is 3. The number of hydrogen-bond acceptors (Lipinski definition) is 11. The summed E-state index contributed by atoms with van der Waals surface area (Å²) in [6.45, 7) is 12.2. The zero-order valence-electron chi connectivity index (χ0n) is 39.0. The number of halogens is 2. The second kappa shape index (κ2) is 22.4. The van der Waals surface area contributed by atoms with E-state index in [-0.39, 0.29) is 66.7 Å². The monoisotopic (exact) mass is 974 g/mol. The molecule has 3 atom stereocenters. The van der Waals surface area contributed by atoms with Crippen LogP contribution in [0.25, 0.3) is 11.3 Å². The molecule has 68 heavy (non-hydrogen) atoms. The van der Waals surface area contributed by atoms with Gasteiger partial charge in [0.2, 0.25) is 17.7 Å². The van der Waals surface area contributed by atoms with Gasteiger partial charge in [-0.15, -0.1) is 0 Å². The number of β-amino-alcohol motifs (C(OH)–C–C–N with tert-alkyl or cyclic N) is 1. The molecule has 0 unspecified atom stereocenters.